The van der Waals surface area contributed by atoms with Gasteiger partial charge in [0, 0.05) is 0 Å². The van der Waals surface area contributed by atoms with Gasteiger partial charge in [-0.15, -0.1) is 0 Å². The van der Waals surface area contributed by atoms with Crippen LogP contribution in [0.15, 0.2) is 4.52 Å². The third-order valence-corrected chi connectivity index (χ3v) is 1.14. The van der Waals surface area contributed by atoms with Gasteiger partial charge in [0.05, 0.1) is 5.69 Å². The summed E-state index contributed by atoms with van der Waals surface area (Å²) in [4.78, 5) is 10.5. The van der Waals surface area contributed by atoms with Crippen LogP contribution in [0.25, 0.3) is 0 Å². The van der Waals surface area contributed by atoms with Crippen molar-refractivity contribution in [3.8, 4) is 0 Å². The maximum Gasteiger partial charge on any atom is 0.256 e. The van der Waals surface area contributed by atoms with Gasteiger partial charge >= 0.3 is 0 Å². The van der Waals surface area contributed by atoms with Crippen molar-refractivity contribution in [1.29, 1.82) is 0 Å². The first-order chi connectivity index (χ1) is 4.63. The van der Waals surface area contributed by atoms with Gasteiger partial charge in [-0.3, -0.25) is 4.79 Å². The highest BCUT2D eigenvalue weighted by Gasteiger charge is 2.14. The second-order valence-corrected chi connectivity index (χ2v) is 1.87. The van der Waals surface area contributed by atoms with Crippen LogP contribution in [0.3, 0.4) is 0 Å². The van der Waals surface area contributed by atoms with E-state index in [4.69, 9.17) is 11.5 Å². The Bertz CT molecular complexity index is 246. The summed E-state index contributed by atoms with van der Waals surface area (Å²) in [6.45, 7) is 1.60. The van der Waals surface area contributed by atoms with Crippen LogP contribution in [0.1, 0.15) is 16.1 Å². The summed E-state index contributed by atoms with van der Waals surface area (Å²) in [5, 5.41) is 3.44. The molecule has 1 aromatic heterocycles. The van der Waals surface area contributed by atoms with Crippen molar-refractivity contribution in [3.63, 3.8) is 0 Å². The molecule has 54 valence electrons. The first-order valence-corrected chi connectivity index (χ1v) is 2.64. The fraction of sp³-hybridized carbons (Fsp3) is 0.200. The van der Waals surface area contributed by atoms with Crippen molar-refractivity contribution in [2.24, 2.45) is 5.73 Å². The number of aromatic nitrogens is 1. The van der Waals surface area contributed by atoms with Gasteiger partial charge in [-0.05, 0) is 6.92 Å². The predicted octanol–water partition coefficient (Wildman–Crippen LogP) is -0.336. The normalized spacial score (nSPS) is 9.70. The molecule has 5 heteroatoms. The van der Waals surface area contributed by atoms with Gasteiger partial charge in [0.1, 0.15) is 5.56 Å². The number of hydrogen-bond acceptors (Lipinski definition) is 4. The highest BCUT2D eigenvalue weighted by atomic mass is 16.5. The molecule has 0 unspecified atom stereocenters. The molecule has 1 heterocycles. The van der Waals surface area contributed by atoms with Crippen molar-refractivity contribution in [2.75, 3.05) is 5.73 Å². The minimum atomic E-state index is -0.615. The molecular formula is C5H7N3O2. The number of nitrogens with zero attached hydrogens (tertiary/aromatic N) is 1. The summed E-state index contributed by atoms with van der Waals surface area (Å²) in [7, 11) is 0. The van der Waals surface area contributed by atoms with Gasteiger partial charge in [0.25, 0.3) is 5.91 Å². The Morgan fingerprint density at radius 3 is 2.50 bits per heavy atom. The molecule has 0 atom stereocenters. The number of amides is 1. The van der Waals surface area contributed by atoms with E-state index in [9.17, 15) is 4.79 Å². The van der Waals surface area contributed by atoms with Gasteiger partial charge in [-0.2, -0.15) is 0 Å². The number of primary amides is 1. The minimum Gasteiger partial charge on any atom is -0.367 e. The third kappa shape index (κ3) is 0.812. The van der Waals surface area contributed by atoms with Crippen LogP contribution in [0.2, 0.25) is 0 Å². The van der Waals surface area contributed by atoms with E-state index in [0.717, 1.165) is 0 Å². The maximum absolute atomic E-state index is 10.5. The number of aryl methyl sites for hydroxylation is 1. The van der Waals surface area contributed by atoms with Crippen LogP contribution in [0.4, 0.5) is 5.88 Å². The number of carbonyl (C=O) groups is 1. The Hall–Kier alpha value is -1.52. The Labute approximate surface area is 57.0 Å². The van der Waals surface area contributed by atoms with Gasteiger partial charge < -0.3 is 16.0 Å². The van der Waals surface area contributed by atoms with Crippen molar-refractivity contribution >= 4 is 11.8 Å². The summed E-state index contributed by atoms with van der Waals surface area (Å²) in [5.74, 6) is -0.638. The second kappa shape index (κ2) is 2.02. The lowest BCUT2D eigenvalue weighted by Crippen LogP contribution is -2.13. The Kier molecular flexibility index (Phi) is 1.33. The Morgan fingerprint density at radius 2 is 2.30 bits per heavy atom. The lowest BCUT2D eigenvalue weighted by atomic mass is 10.2. The standard InChI is InChI=1S/C5H7N3O2/c1-2-3(4(6)9)5(7)10-8-2/h7H2,1H3,(H2,6,9). The van der Waals surface area contributed by atoms with Gasteiger partial charge in [-0.25, -0.2) is 0 Å². The summed E-state index contributed by atoms with van der Waals surface area (Å²) < 4.78 is 4.48. The van der Waals surface area contributed by atoms with E-state index < -0.39 is 5.91 Å². The summed E-state index contributed by atoms with van der Waals surface area (Å²) in [5.41, 5.74) is 10.7. The fourth-order valence-corrected chi connectivity index (χ4v) is 0.687. The molecule has 10 heavy (non-hydrogen) atoms. The Balaban J connectivity index is 3.23. The summed E-state index contributed by atoms with van der Waals surface area (Å²) in [6.07, 6.45) is 0. The van der Waals surface area contributed by atoms with Crippen LogP contribution in [0.5, 0.6) is 0 Å². The van der Waals surface area contributed by atoms with Crippen LogP contribution in [-0.2, 0) is 0 Å². The monoisotopic (exact) mass is 141 g/mol. The van der Waals surface area contributed by atoms with Crippen molar-refractivity contribution in [1.82, 2.24) is 5.16 Å². The molecule has 0 aromatic carbocycles. The molecule has 0 aliphatic heterocycles. The largest absolute Gasteiger partial charge is 0.367 e. The SMILES string of the molecule is Cc1noc(N)c1C(N)=O. The molecule has 5 nitrogen and oxygen atoms in total. The molecule has 0 radical (unpaired) electrons. The van der Waals surface area contributed by atoms with E-state index in [-0.39, 0.29) is 11.4 Å². The maximum atomic E-state index is 10.5. The van der Waals surface area contributed by atoms with E-state index in [0.29, 0.717) is 5.69 Å². The molecule has 0 aliphatic rings. The fourth-order valence-electron chi connectivity index (χ4n) is 0.687. The number of nitrogens with two attached hydrogens (primary N) is 2. The van der Waals surface area contributed by atoms with E-state index in [2.05, 4.69) is 9.68 Å². The third-order valence-electron chi connectivity index (χ3n) is 1.14. The van der Waals surface area contributed by atoms with Gasteiger partial charge in [0.15, 0.2) is 0 Å². The quantitative estimate of drug-likeness (QED) is 0.559. The number of nitrogen functional groups attached to an aromatic ring is 1. The molecular weight excluding hydrogens is 134 g/mol. The number of anilines is 1. The van der Waals surface area contributed by atoms with E-state index in [1.165, 1.54) is 0 Å². The smallest absolute Gasteiger partial charge is 0.256 e. The van der Waals surface area contributed by atoms with Crippen LogP contribution in [-0.4, -0.2) is 11.1 Å². The molecule has 0 saturated heterocycles. The minimum absolute atomic E-state index is 0.0231. The molecule has 0 bridgehead atoms. The zero-order valence-corrected chi connectivity index (χ0v) is 5.42. The highest BCUT2D eigenvalue weighted by Crippen LogP contribution is 2.13. The molecule has 0 saturated carbocycles. The van der Waals surface area contributed by atoms with Gasteiger partial charge in [-0.1, -0.05) is 5.16 Å². The summed E-state index contributed by atoms with van der Waals surface area (Å²) >= 11 is 0. The first kappa shape index (κ1) is 6.60. The molecule has 0 aliphatic carbocycles. The molecule has 1 rings (SSSR count). The molecule has 0 fully saturated rings. The Morgan fingerprint density at radius 1 is 1.70 bits per heavy atom. The van der Waals surface area contributed by atoms with Crippen LogP contribution in [0, 0.1) is 6.92 Å². The average Bonchev–Trinajstić information content (AvgIpc) is 2.11. The molecule has 4 N–H and O–H groups in total. The van der Waals surface area contributed by atoms with Gasteiger partial charge in [0.2, 0.25) is 5.88 Å². The van der Waals surface area contributed by atoms with Crippen molar-refractivity contribution < 1.29 is 9.32 Å². The van der Waals surface area contributed by atoms with E-state index in [1.54, 1.807) is 6.92 Å². The summed E-state index contributed by atoms with van der Waals surface area (Å²) in [6, 6.07) is 0. The number of carbonyl (C=O) groups excluding carboxylic acids is 1. The van der Waals surface area contributed by atoms with Crippen LogP contribution < -0.4 is 11.5 Å². The molecule has 1 amide bonds. The van der Waals surface area contributed by atoms with Crippen LogP contribution >= 0.6 is 0 Å². The van der Waals surface area contributed by atoms with Crippen molar-refractivity contribution in [3.05, 3.63) is 11.3 Å². The topological polar surface area (TPSA) is 95.1 Å². The lowest BCUT2D eigenvalue weighted by molar-refractivity contribution is 0.100. The number of rotatable bonds is 1. The highest BCUT2D eigenvalue weighted by molar-refractivity contribution is 5.97. The van der Waals surface area contributed by atoms with E-state index in [1.807, 2.05) is 0 Å². The predicted molar refractivity (Wildman–Crippen MR) is 34.2 cm³/mol. The second-order valence-electron chi connectivity index (χ2n) is 1.87. The zero-order chi connectivity index (χ0) is 7.72. The van der Waals surface area contributed by atoms with E-state index >= 15 is 0 Å². The average molecular weight is 141 g/mol. The first-order valence-electron chi connectivity index (χ1n) is 2.64. The van der Waals surface area contributed by atoms with Crippen molar-refractivity contribution in [2.45, 2.75) is 6.92 Å². The number of hydrogen-bond donors (Lipinski definition) is 2. The zero-order valence-electron chi connectivity index (χ0n) is 5.42. The molecule has 0 spiro atoms. The lowest BCUT2D eigenvalue weighted by Gasteiger charge is -1.88. The molecule has 1 aromatic rings.